The number of aryl methyl sites for hydroxylation is 2. The first-order chi connectivity index (χ1) is 16.0. The number of rotatable bonds is 6. The third-order valence-electron chi connectivity index (χ3n) is 5.51. The second kappa shape index (κ2) is 9.80. The van der Waals surface area contributed by atoms with Crippen molar-refractivity contribution < 1.29 is 9.53 Å². The van der Waals surface area contributed by atoms with Gasteiger partial charge in [-0.1, -0.05) is 48.0 Å². The van der Waals surface area contributed by atoms with Crippen LogP contribution in [0.2, 0.25) is 5.02 Å². The summed E-state index contributed by atoms with van der Waals surface area (Å²) < 4.78 is 4.86. The molecule has 33 heavy (non-hydrogen) atoms. The van der Waals surface area contributed by atoms with Gasteiger partial charge in [0, 0.05) is 11.4 Å². The number of halogens is 1. The Morgan fingerprint density at radius 2 is 1.36 bits per heavy atom. The summed E-state index contributed by atoms with van der Waals surface area (Å²) in [6, 6.07) is 27.4. The minimum Gasteiger partial charge on any atom is -0.465 e. The first-order valence-electron chi connectivity index (χ1n) is 10.6. The number of carbonyl (C=O) groups excluding carboxylic acids is 1. The summed E-state index contributed by atoms with van der Waals surface area (Å²) in [6.07, 6.45) is 0. The predicted molar refractivity (Wildman–Crippen MR) is 137 cm³/mol. The highest BCUT2D eigenvalue weighted by Crippen LogP contribution is 2.34. The van der Waals surface area contributed by atoms with Crippen molar-refractivity contribution in [2.45, 2.75) is 13.8 Å². The van der Waals surface area contributed by atoms with Crippen LogP contribution in [-0.4, -0.2) is 13.1 Å². The number of hydrogen-bond donors (Lipinski definition) is 2. The first kappa shape index (κ1) is 22.4. The lowest BCUT2D eigenvalue weighted by Crippen LogP contribution is -2.05. The standard InChI is InChI=1S/C28H25ClN2O2/c1-18-7-6-8-19(2)27(18)20-11-16-26(24(29)17-20)31-22-14-12-21(13-15-22)30-25-10-5-4-9-23(25)28(32)33-3/h4-17,30-31H,1-3H3. The van der Waals surface area contributed by atoms with Gasteiger partial charge in [-0.15, -0.1) is 0 Å². The zero-order chi connectivity index (χ0) is 23.4. The molecule has 0 bridgehead atoms. The molecule has 4 rings (SSSR count). The van der Waals surface area contributed by atoms with E-state index < -0.39 is 0 Å². The van der Waals surface area contributed by atoms with E-state index in [2.05, 4.69) is 48.7 Å². The summed E-state index contributed by atoms with van der Waals surface area (Å²) in [5.41, 5.74) is 8.54. The predicted octanol–water partition coefficient (Wildman–Crippen LogP) is 7.90. The van der Waals surface area contributed by atoms with Crippen molar-refractivity contribution in [2.24, 2.45) is 0 Å². The average molecular weight is 457 g/mol. The molecule has 166 valence electrons. The second-order valence-corrected chi connectivity index (χ2v) is 8.23. The molecule has 0 aliphatic carbocycles. The number of nitrogens with one attached hydrogen (secondary N) is 2. The van der Waals surface area contributed by atoms with Crippen molar-refractivity contribution in [1.29, 1.82) is 0 Å². The number of ether oxygens (including phenoxy) is 1. The highest BCUT2D eigenvalue weighted by atomic mass is 35.5. The van der Waals surface area contributed by atoms with Crippen LogP contribution in [0.15, 0.2) is 84.9 Å². The quantitative estimate of drug-likeness (QED) is 0.289. The number of hydrogen-bond acceptors (Lipinski definition) is 4. The highest BCUT2D eigenvalue weighted by molar-refractivity contribution is 6.33. The van der Waals surface area contributed by atoms with E-state index in [9.17, 15) is 4.79 Å². The SMILES string of the molecule is COC(=O)c1ccccc1Nc1ccc(Nc2ccc(-c3c(C)cccc3C)cc2Cl)cc1. The Morgan fingerprint density at radius 1 is 0.758 bits per heavy atom. The van der Waals surface area contributed by atoms with Gasteiger partial charge in [0.25, 0.3) is 0 Å². The van der Waals surface area contributed by atoms with Gasteiger partial charge in [-0.25, -0.2) is 4.79 Å². The fourth-order valence-electron chi connectivity index (χ4n) is 3.87. The number of carbonyl (C=O) groups is 1. The summed E-state index contributed by atoms with van der Waals surface area (Å²) in [5, 5.41) is 7.30. The maximum atomic E-state index is 12.0. The summed E-state index contributed by atoms with van der Waals surface area (Å²) in [5.74, 6) is -0.379. The summed E-state index contributed by atoms with van der Waals surface area (Å²) >= 11 is 6.61. The van der Waals surface area contributed by atoms with E-state index in [4.69, 9.17) is 16.3 Å². The molecule has 5 heteroatoms. The number of para-hydroxylation sites is 1. The maximum absolute atomic E-state index is 12.0. The molecule has 4 aromatic carbocycles. The summed E-state index contributed by atoms with van der Waals surface area (Å²) in [4.78, 5) is 12.0. The van der Waals surface area contributed by atoms with E-state index in [0.717, 1.165) is 22.6 Å². The van der Waals surface area contributed by atoms with Gasteiger partial charge in [0.2, 0.25) is 0 Å². The zero-order valence-corrected chi connectivity index (χ0v) is 19.5. The van der Waals surface area contributed by atoms with Gasteiger partial charge in [-0.05, 0) is 84.6 Å². The molecule has 4 aromatic rings. The number of benzene rings is 4. The van der Waals surface area contributed by atoms with Gasteiger partial charge < -0.3 is 15.4 Å². The molecule has 0 aliphatic heterocycles. The van der Waals surface area contributed by atoms with Crippen LogP contribution in [0.1, 0.15) is 21.5 Å². The molecule has 0 amide bonds. The van der Waals surface area contributed by atoms with Gasteiger partial charge in [-0.2, -0.15) is 0 Å². The lowest BCUT2D eigenvalue weighted by molar-refractivity contribution is 0.0602. The molecule has 0 aromatic heterocycles. The number of anilines is 4. The molecule has 0 saturated heterocycles. The minimum absolute atomic E-state index is 0.379. The maximum Gasteiger partial charge on any atom is 0.339 e. The van der Waals surface area contributed by atoms with Gasteiger partial charge >= 0.3 is 5.97 Å². The Kier molecular flexibility index (Phi) is 6.66. The molecule has 0 unspecified atom stereocenters. The summed E-state index contributed by atoms with van der Waals surface area (Å²) in [7, 11) is 1.37. The monoisotopic (exact) mass is 456 g/mol. The first-order valence-corrected chi connectivity index (χ1v) is 11.0. The van der Waals surface area contributed by atoms with Crippen molar-refractivity contribution in [3.8, 4) is 11.1 Å². The zero-order valence-electron chi connectivity index (χ0n) is 18.8. The van der Waals surface area contributed by atoms with Gasteiger partial charge in [0.1, 0.15) is 0 Å². The van der Waals surface area contributed by atoms with Crippen LogP contribution in [0.3, 0.4) is 0 Å². The van der Waals surface area contributed by atoms with Crippen LogP contribution in [0, 0.1) is 13.8 Å². The number of esters is 1. The van der Waals surface area contributed by atoms with Gasteiger partial charge in [0.15, 0.2) is 0 Å². The van der Waals surface area contributed by atoms with Gasteiger partial charge in [-0.3, -0.25) is 0 Å². The Morgan fingerprint density at radius 3 is 1.97 bits per heavy atom. The van der Waals surface area contributed by atoms with E-state index >= 15 is 0 Å². The normalized spacial score (nSPS) is 10.5. The lowest BCUT2D eigenvalue weighted by Gasteiger charge is -2.14. The molecular formula is C28H25ClN2O2. The minimum atomic E-state index is -0.379. The van der Waals surface area contributed by atoms with Crippen molar-refractivity contribution in [2.75, 3.05) is 17.7 Å². The third-order valence-corrected chi connectivity index (χ3v) is 5.83. The molecule has 0 heterocycles. The van der Waals surface area contributed by atoms with Crippen molar-refractivity contribution in [3.63, 3.8) is 0 Å². The van der Waals surface area contributed by atoms with E-state index in [1.54, 1.807) is 12.1 Å². The molecule has 0 aliphatic rings. The van der Waals surface area contributed by atoms with Gasteiger partial charge in [0.05, 0.1) is 29.1 Å². The van der Waals surface area contributed by atoms with Crippen molar-refractivity contribution >= 4 is 40.3 Å². The van der Waals surface area contributed by atoms with Crippen molar-refractivity contribution in [3.05, 3.63) is 107 Å². The summed E-state index contributed by atoms with van der Waals surface area (Å²) in [6.45, 7) is 4.23. The second-order valence-electron chi connectivity index (χ2n) is 7.83. The molecule has 0 saturated carbocycles. The largest absolute Gasteiger partial charge is 0.465 e. The molecule has 0 spiro atoms. The molecular weight excluding hydrogens is 432 g/mol. The molecule has 0 fully saturated rings. The van der Waals surface area contributed by atoms with Crippen LogP contribution in [0.25, 0.3) is 11.1 Å². The van der Waals surface area contributed by atoms with Crippen LogP contribution in [0.5, 0.6) is 0 Å². The Balaban J connectivity index is 1.51. The fourth-order valence-corrected chi connectivity index (χ4v) is 4.10. The Labute approximate surface area is 199 Å². The average Bonchev–Trinajstić information content (AvgIpc) is 2.82. The van der Waals surface area contributed by atoms with Crippen molar-refractivity contribution in [1.82, 2.24) is 0 Å². The van der Waals surface area contributed by atoms with E-state index in [-0.39, 0.29) is 5.97 Å². The molecule has 2 N–H and O–H groups in total. The van der Waals surface area contributed by atoms with Crippen LogP contribution in [-0.2, 0) is 4.74 Å². The molecule has 0 radical (unpaired) electrons. The van der Waals surface area contributed by atoms with E-state index in [1.165, 1.54) is 23.8 Å². The third kappa shape index (κ3) is 5.02. The molecule has 0 atom stereocenters. The van der Waals surface area contributed by atoms with Crippen LogP contribution < -0.4 is 10.6 Å². The smallest absolute Gasteiger partial charge is 0.339 e. The topological polar surface area (TPSA) is 50.4 Å². The van der Waals surface area contributed by atoms with Crippen LogP contribution in [0.4, 0.5) is 22.7 Å². The van der Waals surface area contributed by atoms with Crippen LogP contribution >= 0.6 is 11.6 Å². The Bertz CT molecular complexity index is 1280. The highest BCUT2D eigenvalue weighted by Gasteiger charge is 2.11. The van der Waals surface area contributed by atoms with E-state index in [0.29, 0.717) is 16.3 Å². The Hall–Kier alpha value is -3.76. The fraction of sp³-hybridized carbons (Fsp3) is 0.107. The lowest BCUT2D eigenvalue weighted by atomic mass is 9.96. The van der Waals surface area contributed by atoms with E-state index in [1.807, 2.05) is 48.5 Å². The number of methoxy groups -OCH3 is 1. The molecule has 4 nitrogen and oxygen atoms in total.